The van der Waals surface area contributed by atoms with Crippen LogP contribution in [-0.4, -0.2) is 47.0 Å². The van der Waals surface area contributed by atoms with Crippen LogP contribution in [0.4, 0.5) is 18.9 Å². The van der Waals surface area contributed by atoms with Gasteiger partial charge in [-0.3, -0.25) is 14.6 Å². The summed E-state index contributed by atoms with van der Waals surface area (Å²) in [6.07, 6.45) is -2.23. The quantitative estimate of drug-likeness (QED) is 0.713. The summed E-state index contributed by atoms with van der Waals surface area (Å²) in [5, 5.41) is 5.84. The first-order valence-corrected chi connectivity index (χ1v) is 10.9. The molecule has 0 unspecified atom stereocenters. The summed E-state index contributed by atoms with van der Waals surface area (Å²) in [5.41, 5.74) is 2.69. The minimum atomic E-state index is -4.72. The lowest BCUT2D eigenvalue weighted by Crippen LogP contribution is -2.48. The average Bonchev–Trinajstić information content (AvgIpc) is 3.29. The molecule has 2 N–H and O–H groups in total. The normalized spacial score (nSPS) is 22.4. The van der Waals surface area contributed by atoms with E-state index in [0.717, 1.165) is 13.5 Å². The molecule has 6 nitrogen and oxygen atoms in total. The van der Waals surface area contributed by atoms with Crippen LogP contribution < -0.4 is 10.6 Å². The number of nitrogens with zero attached hydrogens (tertiary/aromatic N) is 2. The van der Waals surface area contributed by atoms with Gasteiger partial charge in [0.15, 0.2) is 6.04 Å². The number of halogens is 3. The number of anilines is 1. The van der Waals surface area contributed by atoms with Crippen LogP contribution in [0.25, 0.3) is 0 Å². The van der Waals surface area contributed by atoms with Crippen molar-refractivity contribution in [1.82, 2.24) is 15.2 Å². The van der Waals surface area contributed by atoms with Crippen LogP contribution in [0.3, 0.4) is 0 Å². The minimum absolute atomic E-state index is 0.0659. The molecule has 1 aromatic carbocycles. The first-order chi connectivity index (χ1) is 15.5. The monoisotopic (exact) mass is 460 g/mol. The smallest absolute Gasteiger partial charge is 0.380 e. The van der Waals surface area contributed by atoms with Gasteiger partial charge < -0.3 is 15.5 Å². The number of pyridine rings is 1. The molecule has 0 spiro atoms. The maximum absolute atomic E-state index is 13.9. The highest BCUT2D eigenvalue weighted by Gasteiger charge is 2.48. The summed E-state index contributed by atoms with van der Waals surface area (Å²) >= 11 is 0. The molecule has 176 valence electrons. The average molecular weight is 461 g/mol. The molecule has 0 saturated carbocycles. The Bertz CT molecular complexity index is 1050. The van der Waals surface area contributed by atoms with Crippen molar-refractivity contribution in [1.29, 1.82) is 0 Å². The summed E-state index contributed by atoms with van der Waals surface area (Å²) < 4.78 is 41.8. The first kappa shape index (κ1) is 23.1. The Labute approximate surface area is 190 Å². The Kier molecular flexibility index (Phi) is 5.84. The van der Waals surface area contributed by atoms with E-state index in [1.807, 2.05) is 12.1 Å². The Morgan fingerprint density at radius 3 is 2.55 bits per heavy atom. The molecule has 1 fully saturated rings. The number of carbonyl (C=O) groups is 2. The molecule has 3 atom stereocenters. The van der Waals surface area contributed by atoms with Crippen LogP contribution in [0.1, 0.15) is 49.6 Å². The summed E-state index contributed by atoms with van der Waals surface area (Å²) in [6.45, 7) is 4.28. The van der Waals surface area contributed by atoms with Crippen molar-refractivity contribution in [2.45, 2.75) is 62.8 Å². The van der Waals surface area contributed by atoms with Crippen molar-refractivity contribution in [3.8, 4) is 0 Å². The van der Waals surface area contributed by atoms with Gasteiger partial charge in [0.25, 0.3) is 0 Å². The van der Waals surface area contributed by atoms with Gasteiger partial charge in [-0.05, 0) is 36.1 Å². The van der Waals surface area contributed by atoms with Crippen LogP contribution in [-0.2, 0) is 21.4 Å². The van der Waals surface area contributed by atoms with Crippen LogP contribution in [0.15, 0.2) is 42.6 Å². The van der Waals surface area contributed by atoms with Gasteiger partial charge in [0.2, 0.25) is 11.8 Å². The Morgan fingerprint density at radius 1 is 1.24 bits per heavy atom. The van der Waals surface area contributed by atoms with Crippen molar-refractivity contribution in [2.24, 2.45) is 0 Å². The Balaban J connectivity index is 1.52. The van der Waals surface area contributed by atoms with Crippen molar-refractivity contribution in [3.05, 3.63) is 59.4 Å². The predicted octanol–water partition coefficient (Wildman–Crippen LogP) is 3.74. The third-order valence-corrected chi connectivity index (χ3v) is 6.75. The molecule has 2 heterocycles. The van der Waals surface area contributed by atoms with E-state index in [2.05, 4.69) is 41.6 Å². The van der Waals surface area contributed by atoms with E-state index in [1.165, 1.54) is 23.4 Å². The second-order valence-electron chi connectivity index (χ2n) is 9.30. The molecule has 2 amide bonds. The second-order valence-corrected chi connectivity index (χ2v) is 9.30. The van der Waals surface area contributed by atoms with Crippen LogP contribution in [0.5, 0.6) is 0 Å². The summed E-state index contributed by atoms with van der Waals surface area (Å²) in [5.74, 6) is -1.12. The molecule has 33 heavy (non-hydrogen) atoms. The predicted molar refractivity (Wildman–Crippen MR) is 118 cm³/mol. The lowest BCUT2D eigenvalue weighted by atomic mass is 9.83. The second kappa shape index (κ2) is 8.35. The lowest BCUT2D eigenvalue weighted by molar-refractivity contribution is -0.190. The number of hydrogen-bond donors (Lipinski definition) is 2. The van der Waals surface area contributed by atoms with E-state index in [-0.39, 0.29) is 35.9 Å². The van der Waals surface area contributed by atoms with Gasteiger partial charge in [-0.15, -0.1) is 0 Å². The van der Waals surface area contributed by atoms with Crippen LogP contribution in [0, 0.1) is 0 Å². The zero-order valence-electron chi connectivity index (χ0n) is 18.7. The van der Waals surface area contributed by atoms with E-state index < -0.39 is 24.2 Å². The number of fused-ring (bicyclic) bond motifs is 1. The van der Waals surface area contributed by atoms with Crippen LogP contribution >= 0.6 is 0 Å². The molecule has 4 rings (SSSR count). The molecule has 9 heteroatoms. The van der Waals surface area contributed by atoms with Crippen molar-refractivity contribution in [3.63, 3.8) is 0 Å². The van der Waals surface area contributed by atoms with Gasteiger partial charge in [-0.1, -0.05) is 38.1 Å². The summed E-state index contributed by atoms with van der Waals surface area (Å²) in [4.78, 5) is 28.7. The number of rotatable bonds is 5. The van der Waals surface area contributed by atoms with E-state index in [1.54, 1.807) is 6.07 Å². The maximum atomic E-state index is 13.9. The molecule has 1 saturated heterocycles. The first-order valence-electron chi connectivity index (χ1n) is 10.9. The van der Waals surface area contributed by atoms with Gasteiger partial charge in [-0.2, -0.15) is 13.2 Å². The zero-order chi connectivity index (χ0) is 24.0. The van der Waals surface area contributed by atoms with E-state index >= 15 is 0 Å². The van der Waals surface area contributed by atoms with Crippen molar-refractivity contribution in [2.75, 3.05) is 12.4 Å². The highest BCUT2D eigenvalue weighted by atomic mass is 19.4. The number of benzene rings is 1. The topological polar surface area (TPSA) is 74.3 Å². The molecule has 0 bridgehead atoms. The fourth-order valence-electron chi connectivity index (χ4n) is 4.83. The number of hydrogen-bond acceptors (Lipinski definition) is 4. The molecular formula is C24H27F3N4O2. The largest absolute Gasteiger partial charge is 0.414 e. The molecule has 1 aromatic heterocycles. The number of nitrogens with one attached hydrogen (secondary N) is 2. The number of alkyl halides is 3. The SMILES string of the molecule is CN(C(=O)[C@@H]1CCC(=O)N1)[C@@H](c1ccc(N[C@H]2Cc3ccccc3C2(C)C)cn1)C(F)(F)F. The number of amides is 2. The van der Waals surface area contributed by atoms with Gasteiger partial charge >= 0.3 is 6.18 Å². The lowest BCUT2D eigenvalue weighted by Gasteiger charge is -2.32. The van der Waals surface area contributed by atoms with E-state index in [9.17, 15) is 22.8 Å². The molecular weight excluding hydrogens is 433 g/mol. The standard InChI is InChI=1S/C24H27F3N4O2/c1-23(2)16-7-5-4-6-14(16)12-19(23)29-15-8-9-17(28-13-15)21(24(25,26)27)31(3)22(33)18-10-11-20(32)30-18/h4-9,13,18-19,21,29H,10-12H2,1-3H3,(H,30,32)/t18-,19-,21-/m0/s1. The number of aromatic nitrogens is 1. The van der Waals surface area contributed by atoms with E-state index in [0.29, 0.717) is 10.6 Å². The third kappa shape index (κ3) is 4.41. The van der Waals surface area contributed by atoms with Gasteiger partial charge in [-0.25, -0.2) is 0 Å². The fourth-order valence-corrected chi connectivity index (χ4v) is 4.83. The number of likely N-dealkylation sites (N-methyl/N-ethyl adjacent to an activating group) is 1. The highest BCUT2D eigenvalue weighted by molar-refractivity contribution is 5.90. The van der Waals surface area contributed by atoms with Gasteiger partial charge in [0.1, 0.15) is 6.04 Å². The third-order valence-electron chi connectivity index (χ3n) is 6.75. The minimum Gasteiger partial charge on any atom is -0.380 e. The van der Waals surface area contributed by atoms with Crippen LogP contribution in [0.2, 0.25) is 0 Å². The molecule has 0 radical (unpaired) electrons. The fraction of sp³-hybridized carbons (Fsp3) is 0.458. The Hall–Kier alpha value is -3.10. The highest BCUT2D eigenvalue weighted by Crippen LogP contribution is 2.40. The zero-order valence-corrected chi connectivity index (χ0v) is 18.7. The maximum Gasteiger partial charge on any atom is 0.414 e. The van der Waals surface area contributed by atoms with Crippen molar-refractivity contribution < 1.29 is 22.8 Å². The van der Waals surface area contributed by atoms with Gasteiger partial charge in [0.05, 0.1) is 17.6 Å². The summed E-state index contributed by atoms with van der Waals surface area (Å²) in [6, 6.07) is 7.98. The Morgan fingerprint density at radius 2 is 1.97 bits per heavy atom. The molecule has 1 aliphatic heterocycles. The van der Waals surface area contributed by atoms with Crippen molar-refractivity contribution >= 4 is 17.5 Å². The number of carbonyl (C=O) groups excluding carboxylic acids is 2. The molecule has 2 aliphatic rings. The van der Waals surface area contributed by atoms with E-state index in [4.69, 9.17) is 0 Å². The molecule has 2 aromatic rings. The van der Waals surface area contributed by atoms with Gasteiger partial charge in [0, 0.05) is 24.9 Å². The molecule has 1 aliphatic carbocycles. The summed E-state index contributed by atoms with van der Waals surface area (Å²) in [7, 11) is 1.09.